The molecule has 0 bridgehead atoms. The fourth-order valence-corrected chi connectivity index (χ4v) is 3.99. The van der Waals surface area contributed by atoms with Gasteiger partial charge in [-0.2, -0.15) is 0 Å². The Hall–Kier alpha value is -2.55. The molecule has 0 spiro atoms. The van der Waals surface area contributed by atoms with E-state index in [-0.39, 0.29) is 28.5 Å². The highest BCUT2D eigenvalue weighted by molar-refractivity contribution is 7.91. The van der Waals surface area contributed by atoms with Crippen LogP contribution < -0.4 is 10.1 Å². The van der Waals surface area contributed by atoms with Gasteiger partial charge in [-0.1, -0.05) is 12.1 Å². The predicted molar refractivity (Wildman–Crippen MR) is 84.4 cm³/mol. The highest BCUT2D eigenvalue weighted by atomic mass is 32.2. The highest BCUT2D eigenvalue weighted by Gasteiger charge is 2.31. The lowest BCUT2D eigenvalue weighted by molar-refractivity contribution is 0.0929. The Labute approximate surface area is 142 Å². The van der Waals surface area contributed by atoms with Crippen LogP contribution in [0.4, 0.5) is 8.78 Å². The van der Waals surface area contributed by atoms with Crippen LogP contribution in [0, 0.1) is 0 Å². The lowest BCUT2D eigenvalue weighted by Crippen LogP contribution is -2.42. The van der Waals surface area contributed by atoms with Crippen molar-refractivity contribution >= 4 is 15.7 Å². The number of aromatic nitrogens is 1. The monoisotopic (exact) mass is 368 g/mol. The Morgan fingerprint density at radius 3 is 2.72 bits per heavy atom. The number of halogens is 2. The van der Waals surface area contributed by atoms with Crippen molar-refractivity contribution in [2.75, 3.05) is 12.3 Å². The summed E-state index contributed by atoms with van der Waals surface area (Å²) in [6.45, 7) is -0.0387. The first kappa shape index (κ1) is 17.3. The number of alkyl halides is 2. The van der Waals surface area contributed by atoms with E-state index < -0.39 is 34.0 Å². The molecule has 0 saturated carbocycles. The summed E-state index contributed by atoms with van der Waals surface area (Å²) in [5.74, 6) is -0.559. The van der Waals surface area contributed by atoms with Crippen molar-refractivity contribution in [2.45, 2.75) is 17.4 Å². The quantitative estimate of drug-likeness (QED) is 0.892. The largest absolute Gasteiger partial charge is 0.486 e. The zero-order valence-corrected chi connectivity index (χ0v) is 13.7. The Morgan fingerprint density at radius 1 is 1.28 bits per heavy atom. The predicted octanol–water partition coefficient (Wildman–Crippen LogP) is 1.98. The Kier molecular flexibility index (Phi) is 4.67. The summed E-state index contributed by atoms with van der Waals surface area (Å²) in [6, 6.07) is 8.59. The molecule has 25 heavy (non-hydrogen) atoms. The van der Waals surface area contributed by atoms with Gasteiger partial charge in [-0.25, -0.2) is 17.2 Å². The topological polar surface area (TPSA) is 85.4 Å². The van der Waals surface area contributed by atoms with E-state index in [1.165, 1.54) is 12.1 Å². The third-order valence-corrected chi connectivity index (χ3v) is 5.46. The van der Waals surface area contributed by atoms with Crippen molar-refractivity contribution in [2.24, 2.45) is 0 Å². The highest BCUT2D eigenvalue weighted by Crippen LogP contribution is 2.30. The van der Waals surface area contributed by atoms with Crippen LogP contribution in [0.5, 0.6) is 5.75 Å². The van der Waals surface area contributed by atoms with E-state index in [9.17, 15) is 22.0 Å². The van der Waals surface area contributed by atoms with Crippen molar-refractivity contribution in [1.82, 2.24) is 10.3 Å². The number of fused-ring (bicyclic) bond motifs is 1. The molecule has 1 atom stereocenters. The van der Waals surface area contributed by atoms with E-state index in [1.54, 1.807) is 18.2 Å². The van der Waals surface area contributed by atoms with Gasteiger partial charge >= 0.3 is 0 Å². The summed E-state index contributed by atoms with van der Waals surface area (Å²) in [5.41, 5.74) is -0.321. The number of nitrogens with zero attached hydrogens (tertiary/aromatic N) is 1. The standard InChI is InChI=1S/C16H14F2N2O4S/c17-15(18)12-6-5-10(7-19-12)16(21)20-8-11-9-25(22,23)14-4-2-1-3-13(14)24-11/h1-7,11,15H,8-9H2,(H,20,21)/t11-/m0/s1. The third-order valence-electron chi connectivity index (χ3n) is 3.65. The first-order chi connectivity index (χ1) is 11.9. The van der Waals surface area contributed by atoms with Gasteiger partial charge in [0.2, 0.25) is 0 Å². The summed E-state index contributed by atoms with van der Waals surface area (Å²) in [5, 5.41) is 2.53. The number of benzene rings is 1. The molecule has 1 amide bonds. The number of amides is 1. The SMILES string of the molecule is O=C(NC[C@H]1CS(=O)(=O)c2ccccc2O1)c1ccc(C(F)F)nc1. The molecular formula is C16H14F2N2O4S. The summed E-state index contributed by atoms with van der Waals surface area (Å²) in [6.07, 6.45) is -2.40. The molecule has 0 aliphatic carbocycles. The second-order valence-electron chi connectivity index (χ2n) is 5.45. The third kappa shape index (κ3) is 3.76. The molecule has 2 aromatic rings. The van der Waals surface area contributed by atoms with Crippen molar-refractivity contribution in [3.05, 3.63) is 53.9 Å². The smallest absolute Gasteiger partial charge is 0.280 e. The zero-order valence-electron chi connectivity index (χ0n) is 12.9. The van der Waals surface area contributed by atoms with Gasteiger partial charge in [0.25, 0.3) is 12.3 Å². The lowest BCUT2D eigenvalue weighted by atomic mass is 10.2. The van der Waals surface area contributed by atoms with Gasteiger partial charge < -0.3 is 10.1 Å². The molecular weight excluding hydrogens is 354 g/mol. The minimum atomic E-state index is -3.49. The van der Waals surface area contributed by atoms with E-state index in [2.05, 4.69) is 10.3 Å². The van der Waals surface area contributed by atoms with Crippen LogP contribution in [-0.4, -0.2) is 37.7 Å². The van der Waals surface area contributed by atoms with E-state index >= 15 is 0 Å². The number of pyridine rings is 1. The van der Waals surface area contributed by atoms with Gasteiger partial charge in [0.1, 0.15) is 22.4 Å². The number of rotatable bonds is 4. The first-order valence-corrected chi connectivity index (χ1v) is 9.03. The summed E-state index contributed by atoms with van der Waals surface area (Å²) in [4.78, 5) is 15.7. The number of sulfone groups is 1. The normalized spacial score (nSPS) is 18.3. The van der Waals surface area contributed by atoms with Crippen LogP contribution in [-0.2, 0) is 9.84 Å². The molecule has 2 heterocycles. The number of hydrogen-bond donors (Lipinski definition) is 1. The number of para-hydroxylation sites is 1. The average Bonchev–Trinajstić information content (AvgIpc) is 2.59. The van der Waals surface area contributed by atoms with E-state index in [1.807, 2.05) is 0 Å². The Balaban J connectivity index is 1.65. The molecule has 1 aliphatic heterocycles. The van der Waals surface area contributed by atoms with Crippen LogP contribution in [0.15, 0.2) is 47.5 Å². The molecule has 1 N–H and O–H groups in total. The Bertz CT molecular complexity index is 885. The second-order valence-corrected chi connectivity index (χ2v) is 7.45. The van der Waals surface area contributed by atoms with Crippen molar-refractivity contribution in [1.29, 1.82) is 0 Å². The maximum Gasteiger partial charge on any atom is 0.280 e. The van der Waals surface area contributed by atoms with E-state index in [0.717, 1.165) is 12.3 Å². The number of carbonyl (C=O) groups excluding carboxylic acids is 1. The van der Waals surface area contributed by atoms with Crippen LogP contribution in [0.3, 0.4) is 0 Å². The van der Waals surface area contributed by atoms with E-state index in [4.69, 9.17) is 4.74 Å². The summed E-state index contributed by atoms with van der Waals surface area (Å²) in [7, 11) is -3.49. The van der Waals surface area contributed by atoms with E-state index in [0.29, 0.717) is 0 Å². The fraction of sp³-hybridized carbons (Fsp3) is 0.250. The van der Waals surface area contributed by atoms with Crippen molar-refractivity contribution in [3.8, 4) is 5.75 Å². The molecule has 1 aliphatic rings. The average molecular weight is 368 g/mol. The molecule has 0 radical (unpaired) electrons. The van der Waals surface area contributed by atoms with Gasteiger partial charge in [0.05, 0.1) is 17.9 Å². The molecule has 1 aromatic heterocycles. The molecule has 0 saturated heterocycles. The maximum atomic E-state index is 12.4. The first-order valence-electron chi connectivity index (χ1n) is 7.37. The van der Waals surface area contributed by atoms with Gasteiger partial charge in [-0.3, -0.25) is 9.78 Å². The van der Waals surface area contributed by atoms with Gasteiger partial charge in [0.15, 0.2) is 9.84 Å². The number of carbonyl (C=O) groups is 1. The number of ether oxygens (including phenoxy) is 1. The zero-order chi connectivity index (χ0) is 18.0. The second kappa shape index (κ2) is 6.75. The fourth-order valence-electron chi connectivity index (χ4n) is 2.43. The molecule has 0 fully saturated rings. The molecule has 6 nitrogen and oxygen atoms in total. The Morgan fingerprint density at radius 2 is 2.04 bits per heavy atom. The molecule has 0 unspecified atom stereocenters. The van der Waals surface area contributed by atoms with Crippen LogP contribution in [0.1, 0.15) is 22.5 Å². The number of hydrogen-bond acceptors (Lipinski definition) is 5. The molecule has 3 rings (SSSR count). The van der Waals surface area contributed by atoms with Gasteiger partial charge in [-0.15, -0.1) is 0 Å². The summed E-state index contributed by atoms with van der Waals surface area (Å²) >= 11 is 0. The van der Waals surface area contributed by atoms with Crippen molar-refractivity contribution < 1.29 is 26.7 Å². The van der Waals surface area contributed by atoms with Crippen LogP contribution in [0.25, 0.3) is 0 Å². The van der Waals surface area contributed by atoms with Gasteiger partial charge in [0, 0.05) is 6.20 Å². The maximum absolute atomic E-state index is 12.4. The molecule has 132 valence electrons. The minimum Gasteiger partial charge on any atom is -0.486 e. The number of nitrogens with one attached hydrogen (secondary N) is 1. The summed E-state index contributed by atoms with van der Waals surface area (Å²) < 4.78 is 54.9. The van der Waals surface area contributed by atoms with Crippen LogP contribution in [0.2, 0.25) is 0 Å². The minimum absolute atomic E-state index is 0.0387. The molecule has 1 aromatic carbocycles. The van der Waals surface area contributed by atoms with Gasteiger partial charge in [-0.05, 0) is 24.3 Å². The molecule has 9 heteroatoms. The lowest BCUT2D eigenvalue weighted by Gasteiger charge is -2.26. The van der Waals surface area contributed by atoms with Crippen molar-refractivity contribution in [3.63, 3.8) is 0 Å². The van der Waals surface area contributed by atoms with Crippen LogP contribution >= 0.6 is 0 Å².